The molecular formula is C17H23ClN4O3S. The highest BCUT2D eigenvalue weighted by Gasteiger charge is 2.26. The van der Waals surface area contributed by atoms with Gasteiger partial charge in [-0.2, -0.15) is 9.40 Å². The standard InChI is InChI=1S/C17H23ClN4O3S/c1-5-22(6-2)26(24,25)16-9-14(7-8-15(16)18)17(23)20(3)11-13-10-19-21(4)12-13/h7-10,12H,5-6,11H2,1-4H3. The number of amides is 1. The summed E-state index contributed by atoms with van der Waals surface area (Å²) in [4.78, 5) is 14.2. The largest absolute Gasteiger partial charge is 0.337 e. The first-order valence-electron chi connectivity index (χ1n) is 8.23. The normalized spacial score (nSPS) is 11.8. The lowest BCUT2D eigenvalue weighted by Crippen LogP contribution is -2.31. The molecule has 0 fully saturated rings. The number of sulfonamides is 1. The lowest BCUT2D eigenvalue weighted by molar-refractivity contribution is 0.0785. The zero-order valence-corrected chi connectivity index (χ0v) is 16.9. The Morgan fingerprint density at radius 1 is 1.27 bits per heavy atom. The van der Waals surface area contributed by atoms with E-state index < -0.39 is 10.0 Å². The number of rotatable bonds is 7. The second kappa shape index (κ2) is 8.20. The number of aromatic nitrogens is 2. The molecule has 0 bridgehead atoms. The van der Waals surface area contributed by atoms with Crippen LogP contribution >= 0.6 is 11.6 Å². The summed E-state index contributed by atoms with van der Waals surface area (Å²) < 4.78 is 28.5. The summed E-state index contributed by atoms with van der Waals surface area (Å²) in [5.41, 5.74) is 1.15. The van der Waals surface area contributed by atoms with E-state index in [0.29, 0.717) is 19.6 Å². The molecule has 0 radical (unpaired) electrons. The van der Waals surface area contributed by atoms with E-state index in [4.69, 9.17) is 11.6 Å². The van der Waals surface area contributed by atoms with Crippen LogP contribution in [0.2, 0.25) is 5.02 Å². The summed E-state index contributed by atoms with van der Waals surface area (Å²) in [5, 5.41) is 4.17. The van der Waals surface area contributed by atoms with Crippen molar-refractivity contribution in [3.8, 4) is 0 Å². The highest BCUT2D eigenvalue weighted by Crippen LogP contribution is 2.26. The molecule has 1 aromatic carbocycles. The smallest absolute Gasteiger partial charge is 0.253 e. The third kappa shape index (κ3) is 4.25. The highest BCUT2D eigenvalue weighted by atomic mass is 35.5. The van der Waals surface area contributed by atoms with E-state index >= 15 is 0 Å². The summed E-state index contributed by atoms with van der Waals surface area (Å²) in [6.45, 7) is 4.53. The van der Waals surface area contributed by atoms with Gasteiger partial charge in [-0.05, 0) is 18.2 Å². The van der Waals surface area contributed by atoms with E-state index in [0.717, 1.165) is 5.56 Å². The van der Waals surface area contributed by atoms with Crippen LogP contribution in [0.4, 0.5) is 0 Å². The Morgan fingerprint density at radius 3 is 2.46 bits per heavy atom. The Bertz CT molecular complexity index is 891. The van der Waals surface area contributed by atoms with Crippen molar-refractivity contribution in [1.82, 2.24) is 19.0 Å². The Kier molecular flexibility index (Phi) is 6.44. The Labute approximate surface area is 159 Å². The van der Waals surface area contributed by atoms with E-state index in [1.807, 2.05) is 6.20 Å². The molecule has 0 atom stereocenters. The van der Waals surface area contributed by atoms with Gasteiger partial charge >= 0.3 is 0 Å². The van der Waals surface area contributed by atoms with Crippen molar-refractivity contribution in [2.45, 2.75) is 25.3 Å². The predicted molar refractivity (Wildman–Crippen MR) is 101 cm³/mol. The van der Waals surface area contributed by atoms with E-state index in [1.54, 1.807) is 38.8 Å². The van der Waals surface area contributed by atoms with Crippen LogP contribution < -0.4 is 0 Å². The van der Waals surface area contributed by atoms with E-state index in [9.17, 15) is 13.2 Å². The van der Waals surface area contributed by atoms with Gasteiger partial charge in [-0.1, -0.05) is 25.4 Å². The maximum Gasteiger partial charge on any atom is 0.253 e. The number of aryl methyl sites for hydroxylation is 1. The fourth-order valence-corrected chi connectivity index (χ4v) is 4.61. The van der Waals surface area contributed by atoms with Crippen LogP contribution in [0.15, 0.2) is 35.5 Å². The van der Waals surface area contributed by atoms with Gasteiger partial charge in [0, 0.05) is 51.1 Å². The molecule has 142 valence electrons. The number of hydrogen-bond donors (Lipinski definition) is 0. The molecule has 1 heterocycles. The van der Waals surface area contributed by atoms with Crippen molar-refractivity contribution < 1.29 is 13.2 Å². The number of carbonyl (C=O) groups excluding carboxylic acids is 1. The molecular weight excluding hydrogens is 376 g/mol. The second-order valence-electron chi connectivity index (χ2n) is 5.92. The second-order valence-corrected chi connectivity index (χ2v) is 8.23. The number of carbonyl (C=O) groups is 1. The molecule has 2 aromatic rings. The molecule has 0 aliphatic rings. The topological polar surface area (TPSA) is 75.5 Å². The lowest BCUT2D eigenvalue weighted by atomic mass is 10.2. The fourth-order valence-electron chi connectivity index (χ4n) is 2.66. The molecule has 2 rings (SSSR count). The quantitative estimate of drug-likeness (QED) is 0.717. The molecule has 0 unspecified atom stereocenters. The van der Waals surface area contributed by atoms with Crippen LogP contribution in [0, 0.1) is 0 Å². The molecule has 26 heavy (non-hydrogen) atoms. The predicted octanol–water partition coefficient (Wildman–Crippen LogP) is 2.38. The van der Waals surface area contributed by atoms with Crippen LogP contribution in [0.1, 0.15) is 29.8 Å². The first kappa shape index (κ1) is 20.4. The molecule has 0 saturated heterocycles. The molecule has 0 spiro atoms. The summed E-state index contributed by atoms with van der Waals surface area (Å²) >= 11 is 6.11. The monoisotopic (exact) mass is 398 g/mol. The molecule has 1 amide bonds. The molecule has 7 nitrogen and oxygen atoms in total. The van der Waals surface area contributed by atoms with Gasteiger partial charge in [-0.25, -0.2) is 8.42 Å². The summed E-state index contributed by atoms with van der Waals surface area (Å²) in [6, 6.07) is 4.33. The van der Waals surface area contributed by atoms with Gasteiger partial charge in [-0.15, -0.1) is 0 Å². The van der Waals surface area contributed by atoms with Crippen molar-refractivity contribution >= 4 is 27.5 Å². The Hall–Kier alpha value is -1.90. The number of halogens is 1. The van der Waals surface area contributed by atoms with Gasteiger partial charge in [0.05, 0.1) is 11.2 Å². The molecule has 0 aliphatic carbocycles. The minimum atomic E-state index is -3.75. The SMILES string of the molecule is CCN(CC)S(=O)(=O)c1cc(C(=O)N(C)Cc2cnn(C)c2)ccc1Cl. The van der Waals surface area contributed by atoms with Crippen molar-refractivity contribution in [2.75, 3.05) is 20.1 Å². The summed E-state index contributed by atoms with van der Waals surface area (Å²) in [7, 11) is -0.296. The average Bonchev–Trinajstić information content (AvgIpc) is 3.00. The lowest BCUT2D eigenvalue weighted by Gasteiger charge is -2.21. The van der Waals surface area contributed by atoms with Crippen LogP contribution in [-0.2, 0) is 23.6 Å². The molecule has 1 aromatic heterocycles. The van der Waals surface area contributed by atoms with Gasteiger partial charge in [0.1, 0.15) is 4.90 Å². The zero-order valence-electron chi connectivity index (χ0n) is 15.3. The van der Waals surface area contributed by atoms with Crippen molar-refractivity contribution in [1.29, 1.82) is 0 Å². The van der Waals surface area contributed by atoms with Gasteiger partial charge in [-0.3, -0.25) is 9.48 Å². The third-order valence-electron chi connectivity index (χ3n) is 4.03. The van der Waals surface area contributed by atoms with Gasteiger partial charge in [0.2, 0.25) is 10.0 Å². The molecule has 0 N–H and O–H groups in total. The molecule has 0 saturated carbocycles. The Balaban J connectivity index is 2.32. The maximum absolute atomic E-state index is 12.8. The third-order valence-corrected chi connectivity index (χ3v) is 6.56. The number of hydrogen-bond acceptors (Lipinski definition) is 4. The van der Waals surface area contributed by atoms with Gasteiger partial charge in [0.25, 0.3) is 5.91 Å². The number of nitrogens with zero attached hydrogens (tertiary/aromatic N) is 4. The van der Waals surface area contributed by atoms with Crippen LogP contribution in [0.5, 0.6) is 0 Å². The van der Waals surface area contributed by atoms with Gasteiger partial charge in [0.15, 0.2) is 0 Å². The van der Waals surface area contributed by atoms with Crippen molar-refractivity contribution in [2.24, 2.45) is 7.05 Å². The summed E-state index contributed by atoms with van der Waals surface area (Å²) in [5.74, 6) is -0.290. The maximum atomic E-state index is 12.8. The minimum absolute atomic E-state index is 0.0523. The fraction of sp³-hybridized carbons (Fsp3) is 0.412. The van der Waals surface area contributed by atoms with Gasteiger partial charge < -0.3 is 4.90 Å². The van der Waals surface area contributed by atoms with Crippen LogP contribution in [0.25, 0.3) is 0 Å². The van der Waals surface area contributed by atoms with E-state index in [2.05, 4.69) is 5.10 Å². The summed E-state index contributed by atoms with van der Waals surface area (Å²) in [6.07, 6.45) is 3.50. The minimum Gasteiger partial charge on any atom is -0.337 e. The van der Waals surface area contributed by atoms with Crippen molar-refractivity contribution in [3.05, 3.63) is 46.7 Å². The Morgan fingerprint density at radius 2 is 1.92 bits per heavy atom. The van der Waals surface area contributed by atoms with Crippen LogP contribution in [-0.4, -0.2) is 53.4 Å². The van der Waals surface area contributed by atoms with Crippen molar-refractivity contribution in [3.63, 3.8) is 0 Å². The van der Waals surface area contributed by atoms with Crippen LogP contribution in [0.3, 0.4) is 0 Å². The zero-order chi connectivity index (χ0) is 19.5. The first-order valence-corrected chi connectivity index (χ1v) is 10.0. The van der Waals surface area contributed by atoms with E-state index in [1.165, 1.54) is 27.4 Å². The molecule has 9 heteroatoms. The highest BCUT2D eigenvalue weighted by molar-refractivity contribution is 7.89. The first-order chi connectivity index (χ1) is 12.2. The number of benzene rings is 1. The van der Waals surface area contributed by atoms with E-state index in [-0.39, 0.29) is 21.4 Å². The molecule has 0 aliphatic heterocycles. The average molecular weight is 399 g/mol.